The summed E-state index contributed by atoms with van der Waals surface area (Å²) in [6.07, 6.45) is 0.417. The van der Waals surface area contributed by atoms with Gasteiger partial charge in [0.25, 0.3) is 0 Å². The molecule has 6 nitrogen and oxygen atoms in total. The summed E-state index contributed by atoms with van der Waals surface area (Å²) in [7, 11) is 0. The second-order valence-electron chi connectivity index (χ2n) is 2.97. The zero-order chi connectivity index (χ0) is 11.1. The highest BCUT2D eigenvalue weighted by atomic mass is 16.1. The number of anilines is 2. The van der Waals surface area contributed by atoms with Crippen LogP contribution in [-0.4, -0.2) is 29.2 Å². The van der Waals surface area contributed by atoms with Crippen LogP contribution in [0.25, 0.3) is 0 Å². The van der Waals surface area contributed by atoms with Crippen LogP contribution in [0.15, 0.2) is 12.1 Å². The zero-order valence-corrected chi connectivity index (χ0v) is 8.66. The maximum Gasteiger partial charge on any atom is 0.221 e. The molecule has 82 valence electrons. The lowest BCUT2D eigenvalue weighted by molar-refractivity contribution is -0.120. The topological polar surface area (TPSA) is 92.9 Å². The quantitative estimate of drug-likeness (QED) is 0.634. The maximum absolute atomic E-state index is 11.1. The molecule has 0 saturated carbocycles. The molecule has 0 saturated heterocycles. The molecular weight excluding hydrogens is 194 g/mol. The first-order valence-corrected chi connectivity index (χ1v) is 4.82. The summed E-state index contributed by atoms with van der Waals surface area (Å²) < 4.78 is 0. The number of amides is 1. The van der Waals surface area contributed by atoms with Crippen molar-refractivity contribution in [2.45, 2.75) is 13.3 Å². The molecule has 15 heavy (non-hydrogen) atoms. The van der Waals surface area contributed by atoms with Crippen molar-refractivity contribution in [1.82, 2.24) is 15.5 Å². The lowest BCUT2D eigenvalue weighted by Crippen LogP contribution is -2.24. The Morgan fingerprint density at radius 1 is 1.47 bits per heavy atom. The third-order valence-electron chi connectivity index (χ3n) is 1.72. The van der Waals surface area contributed by atoms with Crippen LogP contribution in [0.3, 0.4) is 0 Å². The SMILES string of the molecule is CCNC(=O)CCNc1ccc(N)nn1. The number of nitrogens with one attached hydrogen (secondary N) is 2. The Labute approximate surface area is 88.3 Å². The molecule has 4 N–H and O–H groups in total. The highest BCUT2D eigenvalue weighted by molar-refractivity contribution is 5.76. The Morgan fingerprint density at radius 3 is 2.87 bits per heavy atom. The molecule has 1 rings (SSSR count). The van der Waals surface area contributed by atoms with Crippen molar-refractivity contribution in [3.05, 3.63) is 12.1 Å². The summed E-state index contributed by atoms with van der Waals surface area (Å²) in [5.41, 5.74) is 5.38. The van der Waals surface area contributed by atoms with E-state index < -0.39 is 0 Å². The molecule has 0 aliphatic rings. The maximum atomic E-state index is 11.1. The average molecular weight is 209 g/mol. The number of rotatable bonds is 5. The molecule has 0 unspecified atom stereocenters. The Hall–Kier alpha value is -1.85. The van der Waals surface area contributed by atoms with E-state index in [0.717, 1.165) is 0 Å². The molecule has 0 fully saturated rings. The third-order valence-corrected chi connectivity index (χ3v) is 1.72. The van der Waals surface area contributed by atoms with Gasteiger partial charge in [-0.05, 0) is 19.1 Å². The molecule has 0 bridgehead atoms. The number of hydrogen-bond acceptors (Lipinski definition) is 5. The average Bonchev–Trinajstić information content (AvgIpc) is 2.21. The van der Waals surface area contributed by atoms with E-state index >= 15 is 0 Å². The second-order valence-corrected chi connectivity index (χ2v) is 2.97. The van der Waals surface area contributed by atoms with Crippen LogP contribution < -0.4 is 16.4 Å². The van der Waals surface area contributed by atoms with E-state index in [4.69, 9.17) is 5.73 Å². The number of carbonyl (C=O) groups is 1. The Morgan fingerprint density at radius 2 is 2.27 bits per heavy atom. The molecule has 0 atom stereocenters. The zero-order valence-electron chi connectivity index (χ0n) is 8.66. The van der Waals surface area contributed by atoms with E-state index in [2.05, 4.69) is 20.8 Å². The predicted octanol–water partition coefficient (Wildman–Crippen LogP) is -0.00310. The number of aromatic nitrogens is 2. The summed E-state index contributed by atoms with van der Waals surface area (Å²) in [5, 5.41) is 13.2. The van der Waals surface area contributed by atoms with Crippen LogP contribution in [0.4, 0.5) is 11.6 Å². The number of carbonyl (C=O) groups excluding carboxylic acids is 1. The second kappa shape index (κ2) is 5.79. The summed E-state index contributed by atoms with van der Waals surface area (Å²) in [5.74, 6) is 1.02. The van der Waals surface area contributed by atoms with Crippen molar-refractivity contribution >= 4 is 17.5 Å². The number of hydrogen-bond donors (Lipinski definition) is 3. The Balaban J connectivity index is 2.26. The van der Waals surface area contributed by atoms with Gasteiger partial charge < -0.3 is 16.4 Å². The predicted molar refractivity (Wildman–Crippen MR) is 58.2 cm³/mol. The first-order chi connectivity index (χ1) is 7.22. The van der Waals surface area contributed by atoms with E-state index in [-0.39, 0.29) is 5.91 Å². The minimum absolute atomic E-state index is 0.0217. The van der Waals surface area contributed by atoms with Gasteiger partial charge in [0.15, 0.2) is 0 Å². The van der Waals surface area contributed by atoms with Crippen molar-refractivity contribution in [2.24, 2.45) is 0 Å². The number of nitrogens with zero attached hydrogens (tertiary/aromatic N) is 2. The minimum Gasteiger partial charge on any atom is -0.382 e. The summed E-state index contributed by atoms with van der Waals surface area (Å²) in [6.45, 7) is 3.07. The van der Waals surface area contributed by atoms with Crippen LogP contribution in [0.5, 0.6) is 0 Å². The van der Waals surface area contributed by atoms with Gasteiger partial charge in [0, 0.05) is 19.5 Å². The number of nitrogens with two attached hydrogens (primary N) is 1. The van der Waals surface area contributed by atoms with Crippen LogP contribution in [0, 0.1) is 0 Å². The van der Waals surface area contributed by atoms with Gasteiger partial charge in [-0.2, -0.15) is 0 Å². The summed E-state index contributed by atoms with van der Waals surface area (Å²) in [6, 6.07) is 3.38. The molecule has 0 aliphatic carbocycles. The minimum atomic E-state index is 0.0217. The van der Waals surface area contributed by atoms with E-state index in [1.165, 1.54) is 0 Å². The van der Waals surface area contributed by atoms with Gasteiger partial charge in [-0.25, -0.2) is 0 Å². The van der Waals surface area contributed by atoms with Crippen LogP contribution in [-0.2, 0) is 4.79 Å². The molecule has 1 heterocycles. The van der Waals surface area contributed by atoms with Crippen molar-refractivity contribution < 1.29 is 4.79 Å². The third kappa shape index (κ3) is 4.26. The molecule has 0 aromatic carbocycles. The molecule has 1 aromatic rings. The lowest BCUT2D eigenvalue weighted by Gasteiger charge is -2.04. The molecule has 0 radical (unpaired) electrons. The van der Waals surface area contributed by atoms with Crippen molar-refractivity contribution in [2.75, 3.05) is 24.1 Å². The van der Waals surface area contributed by atoms with Gasteiger partial charge in [-0.1, -0.05) is 0 Å². The number of nitrogen functional groups attached to an aromatic ring is 1. The molecule has 1 aromatic heterocycles. The normalized spacial score (nSPS) is 9.67. The fourth-order valence-electron chi connectivity index (χ4n) is 1.03. The van der Waals surface area contributed by atoms with E-state index in [9.17, 15) is 4.79 Å². The van der Waals surface area contributed by atoms with E-state index in [0.29, 0.717) is 31.1 Å². The highest BCUT2D eigenvalue weighted by Crippen LogP contribution is 2.01. The van der Waals surface area contributed by atoms with Crippen molar-refractivity contribution in [3.8, 4) is 0 Å². The molecular formula is C9H15N5O. The molecule has 6 heteroatoms. The first-order valence-electron chi connectivity index (χ1n) is 4.82. The van der Waals surface area contributed by atoms with Gasteiger partial charge in [0.1, 0.15) is 11.6 Å². The Kier molecular flexibility index (Phi) is 4.33. The molecule has 0 spiro atoms. The van der Waals surface area contributed by atoms with Gasteiger partial charge in [-0.3, -0.25) is 4.79 Å². The van der Waals surface area contributed by atoms with Gasteiger partial charge in [0.05, 0.1) is 0 Å². The van der Waals surface area contributed by atoms with Gasteiger partial charge in [0.2, 0.25) is 5.91 Å². The molecule has 0 aliphatic heterocycles. The van der Waals surface area contributed by atoms with Crippen LogP contribution in [0.1, 0.15) is 13.3 Å². The molecule has 1 amide bonds. The summed E-state index contributed by atoms with van der Waals surface area (Å²) in [4.78, 5) is 11.1. The van der Waals surface area contributed by atoms with E-state index in [1.807, 2.05) is 6.92 Å². The van der Waals surface area contributed by atoms with E-state index in [1.54, 1.807) is 12.1 Å². The fourth-order valence-corrected chi connectivity index (χ4v) is 1.03. The standard InChI is InChI=1S/C9H15N5O/c1-2-11-9(15)5-6-12-8-4-3-7(10)13-14-8/h3-4H,2,5-6H2,1H3,(H2,10,13)(H,11,15)(H,12,14). The van der Waals surface area contributed by atoms with Crippen LogP contribution in [0.2, 0.25) is 0 Å². The highest BCUT2D eigenvalue weighted by Gasteiger charge is 1.99. The van der Waals surface area contributed by atoms with Crippen molar-refractivity contribution in [1.29, 1.82) is 0 Å². The van der Waals surface area contributed by atoms with Gasteiger partial charge >= 0.3 is 0 Å². The Bertz CT molecular complexity index is 311. The lowest BCUT2D eigenvalue weighted by atomic mass is 10.4. The monoisotopic (exact) mass is 209 g/mol. The van der Waals surface area contributed by atoms with Crippen LogP contribution >= 0.6 is 0 Å². The van der Waals surface area contributed by atoms with Crippen molar-refractivity contribution in [3.63, 3.8) is 0 Å². The van der Waals surface area contributed by atoms with Gasteiger partial charge in [-0.15, -0.1) is 10.2 Å². The first kappa shape index (κ1) is 11.2. The summed E-state index contributed by atoms with van der Waals surface area (Å²) >= 11 is 0. The fraction of sp³-hybridized carbons (Fsp3) is 0.444. The largest absolute Gasteiger partial charge is 0.382 e. The smallest absolute Gasteiger partial charge is 0.221 e.